The molecule has 2 aromatic heterocycles. The molecular weight excluding hydrogens is 731 g/mol. The molecule has 3 heterocycles. The van der Waals surface area contributed by atoms with Gasteiger partial charge in [0.1, 0.15) is 35.5 Å². The molecule has 1 saturated heterocycles. The van der Waals surface area contributed by atoms with E-state index in [0.29, 0.717) is 11.5 Å². The highest BCUT2D eigenvalue weighted by atomic mass is 31.2. The highest BCUT2D eigenvalue weighted by Gasteiger charge is 2.45. The Morgan fingerprint density at radius 3 is 2.25 bits per heavy atom. The van der Waals surface area contributed by atoms with Crippen molar-refractivity contribution in [2.75, 3.05) is 32.8 Å². The molecule has 5 aromatic rings. The number of phosphoric acid groups is 1. The molecule has 16 nitrogen and oxygen atoms in total. The molecule has 1 aliphatic heterocycles. The zero-order chi connectivity index (χ0) is 39.2. The average molecular weight is 773 g/mol. The van der Waals surface area contributed by atoms with E-state index in [2.05, 4.69) is 20.3 Å². The summed E-state index contributed by atoms with van der Waals surface area (Å²) in [6, 6.07) is 26.3. The third-order valence-corrected chi connectivity index (χ3v) is 10.1. The monoisotopic (exact) mass is 772 g/mol. The fourth-order valence-electron chi connectivity index (χ4n) is 6.28. The summed E-state index contributed by atoms with van der Waals surface area (Å²) in [5, 5.41) is 11.6. The molecule has 3 aromatic carbocycles. The van der Waals surface area contributed by atoms with E-state index >= 15 is 0 Å². The quantitative estimate of drug-likeness (QED) is 0.0649. The molecule has 3 N–H and O–H groups in total. The van der Waals surface area contributed by atoms with Gasteiger partial charge in [-0.1, -0.05) is 68.4 Å². The summed E-state index contributed by atoms with van der Waals surface area (Å²) in [5.74, 6) is 0.449. The van der Waals surface area contributed by atoms with Gasteiger partial charge in [-0.25, -0.2) is 9.55 Å². The number of carbonyl (C=O) groups excluding carboxylic acids is 1. The van der Waals surface area contributed by atoms with Crippen LogP contribution >= 0.6 is 7.82 Å². The zero-order valence-electron chi connectivity index (χ0n) is 30.6. The molecule has 0 spiro atoms. The number of nitriles is 1. The van der Waals surface area contributed by atoms with Crippen molar-refractivity contribution in [3.63, 3.8) is 0 Å². The lowest BCUT2D eigenvalue weighted by molar-refractivity contribution is -0.118. The van der Waals surface area contributed by atoms with Gasteiger partial charge in [0.05, 0.1) is 46.3 Å². The van der Waals surface area contributed by atoms with Crippen molar-refractivity contribution in [3.8, 4) is 17.6 Å². The van der Waals surface area contributed by atoms with E-state index in [1.807, 2.05) is 84.9 Å². The summed E-state index contributed by atoms with van der Waals surface area (Å²) in [4.78, 5) is 47.4. The number of amides is 1. The second-order valence-corrected chi connectivity index (χ2v) is 14.3. The lowest BCUT2D eigenvalue weighted by Gasteiger charge is -2.37. The van der Waals surface area contributed by atoms with E-state index in [1.165, 1.54) is 10.9 Å². The van der Waals surface area contributed by atoms with Crippen LogP contribution in [-0.4, -0.2) is 70.0 Å². The Bertz CT molecular complexity index is 2190. The van der Waals surface area contributed by atoms with Gasteiger partial charge in [0, 0.05) is 12.3 Å². The van der Waals surface area contributed by atoms with Crippen LogP contribution in [0.5, 0.6) is 11.5 Å². The number of carbonyl (C=O) groups is 1. The Kier molecular flexibility index (Phi) is 12.1. The second kappa shape index (κ2) is 17.0. The van der Waals surface area contributed by atoms with Crippen LogP contribution in [0.3, 0.4) is 0 Å². The van der Waals surface area contributed by atoms with Crippen LogP contribution in [0.15, 0.2) is 90.0 Å². The number of nitrogens with zero attached hydrogens (tertiary/aromatic N) is 4. The summed E-state index contributed by atoms with van der Waals surface area (Å²) >= 11 is 0. The lowest BCUT2D eigenvalue weighted by Crippen LogP contribution is -2.38. The number of phosphoric ester groups is 1. The average Bonchev–Trinajstić information content (AvgIpc) is 3.79. The number of aromatic nitrogens is 4. The number of hydrogen-bond acceptors (Lipinski definition) is 12. The molecule has 0 bridgehead atoms. The summed E-state index contributed by atoms with van der Waals surface area (Å²) in [6.45, 7) is 2.87. The molecule has 55 heavy (non-hydrogen) atoms. The number of nitrogens with one attached hydrogen (secondary N) is 2. The highest BCUT2D eigenvalue weighted by molar-refractivity contribution is 7.47. The summed E-state index contributed by atoms with van der Waals surface area (Å²) < 4.78 is 50.0. The normalized spacial score (nSPS) is 18.2. The molecule has 1 amide bonds. The Morgan fingerprint density at radius 2 is 1.67 bits per heavy atom. The van der Waals surface area contributed by atoms with Gasteiger partial charge in [-0.2, -0.15) is 10.2 Å². The molecule has 1 unspecified atom stereocenters. The standard InChI is InChI=1S/C38H41N6O10P/c1-24(2)35(45)42-37-41-34-33(36(46)43-37)40-23-44(34)32-21-30(54-55(47,48)52-20-8-19-39)31(53-32)22-51-38(25-9-6-5-7-10-25,26-11-15-28(49-3)16-12-26)27-13-17-29(50-4)18-14-27/h5-7,9-18,23-24,30-32H,8,20-22H2,1-4H3,(H,47,48)(H2,41,42,43,45,46)/t30-,31+,32+/m0/s1. The van der Waals surface area contributed by atoms with E-state index < -0.39 is 37.4 Å². The van der Waals surface area contributed by atoms with Crippen molar-refractivity contribution < 1.29 is 42.2 Å². The summed E-state index contributed by atoms with van der Waals surface area (Å²) in [6.07, 6.45) is -1.86. The lowest BCUT2D eigenvalue weighted by atomic mass is 9.80. The second-order valence-electron chi connectivity index (χ2n) is 12.9. The van der Waals surface area contributed by atoms with Gasteiger partial charge >= 0.3 is 7.82 Å². The topological polar surface area (TPSA) is 209 Å². The smallest absolute Gasteiger partial charge is 0.472 e. The first kappa shape index (κ1) is 39.3. The first-order valence-corrected chi connectivity index (χ1v) is 18.9. The van der Waals surface area contributed by atoms with Crippen LogP contribution in [-0.2, 0) is 33.5 Å². The number of imidazole rings is 1. The van der Waals surface area contributed by atoms with Gasteiger partial charge in [-0.15, -0.1) is 0 Å². The van der Waals surface area contributed by atoms with Crippen LogP contribution < -0.4 is 20.3 Å². The van der Waals surface area contributed by atoms with Gasteiger partial charge in [0.2, 0.25) is 11.9 Å². The number of methoxy groups -OCH3 is 2. The van der Waals surface area contributed by atoms with E-state index in [1.54, 1.807) is 28.1 Å². The maximum Gasteiger partial charge on any atom is 0.472 e. The van der Waals surface area contributed by atoms with Crippen LogP contribution in [0.4, 0.5) is 5.95 Å². The van der Waals surface area contributed by atoms with E-state index in [-0.39, 0.29) is 55.0 Å². The van der Waals surface area contributed by atoms with Crippen LogP contribution in [0.25, 0.3) is 11.2 Å². The molecule has 288 valence electrons. The maximum atomic E-state index is 13.2. The Balaban J connectivity index is 1.41. The van der Waals surface area contributed by atoms with Gasteiger partial charge in [0.25, 0.3) is 5.56 Å². The SMILES string of the molecule is COc1ccc(C(OC[C@H]2O[C@@H](n3cnc4c(=O)[nH]c(NC(=O)C(C)C)nc43)C[C@@H]2OP(=O)(O)OCCC#N)(c2ccccc2)c2ccc(OC)cc2)cc1. The maximum absolute atomic E-state index is 13.2. The van der Waals surface area contributed by atoms with Crippen molar-refractivity contribution >= 4 is 30.8 Å². The third-order valence-electron chi connectivity index (χ3n) is 9.06. The molecule has 6 rings (SSSR count). The number of anilines is 1. The Morgan fingerprint density at radius 1 is 1.05 bits per heavy atom. The van der Waals surface area contributed by atoms with Crippen LogP contribution in [0, 0.1) is 17.2 Å². The van der Waals surface area contributed by atoms with Gasteiger partial charge in [-0.05, 0) is 41.0 Å². The minimum atomic E-state index is -4.72. The van der Waals surface area contributed by atoms with Crippen molar-refractivity contribution in [1.82, 2.24) is 19.5 Å². The zero-order valence-corrected chi connectivity index (χ0v) is 31.5. The number of hydrogen-bond donors (Lipinski definition) is 3. The number of rotatable bonds is 16. The molecule has 1 aliphatic rings. The van der Waals surface area contributed by atoms with Crippen molar-refractivity contribution in [1.29, 1.82) is 5.26 Å². The van der Waals surface area contributed by atoms with Crippen LogP contribution in [0.1, 0.15) is 49.6 Å². The third kappa shape index (κ3) is 8.63. The largest absolute Gasteiger partial charge is 0.497 e. The summed E-state index contributed by atoms with van der Waals surface area (Å²) in [5.41, 5.74) is 0.473. The van der Waals surface area contributed by atoms with Crippen molar-refractivity contribution in [2.45, 2.75) is 50.7 Å². The number of aromatic amines is 1. The van der Waals surface area contributed by atoms with Gasteiger partial charge < -0.3 is 23.8 Å². The van der Waals surface area contributed by atoms with Gasteiger partial charge in [-0.3, -0.25) is 33.5 Å². The van der Waals surface area contributed by atoms with Crippen LogP contribution in [0.2, 0.25) is 0 Å². The number of H-pyrrole nitrogens is 1. The Labute approximate surface area is 316 Å². The molecule has 0 radical (unpaired) electrons. The predicted octanol–water partition coefficient (Wildman–Crippen LogP) is 5.44. The molecule has 0 aliphatic carbocycles. The molecule has 0 saturated carbocycles. The fraction of sp³-hybridized carbons (Fsp3) is 0.342. The molecule has 1 fully saturated rings. The number of ether oxygens (including phenoxy) is 4. The van der Waals surface area contributed by atoms with E-state index in [9.17, 15) is 19.0 Å². The minimum Gasteiger partial charge on any atom is -0.497 e. The molecule has 17 heteroatoms. The highest BCUT2D eigenvalue weighted by Crippen LogP contribution is 2.49. The van der Waals surface area contributed by atoms with Gasteiger partial charge in [0.15, 0.2) is 11.2 Å². The molecule has 4 atom stereocenters. The number of benzene rings is 3. The summed E-state index contributed by atoms with van der Waals surface area (Å²) in [7, 11) is -1.56. The first-order chi connectivity index (χ1) is 26.5. The predicted molar refractivity (Wildman–Crippen MR) is 199 cm³/mol. The van der Waals surface area contributed by atoms with Crippen molar-refractivity contribution in [2.24, 2.45) is 5.92 Å². The fourth-order valence-corrected chi connectivity index (χ4v) is 7.23. The Hall–Kier alpha value is -5.40. The number of fused-ring (bicyclic) bond motifs is 1. The minimum absolute atomic E-state index is 0.0157. The van der Waals surface area contributed by atoms with E-state index in [0.717, 1.165) is 16.7 Å². The van der Waals surface area contributed by atoms with Crippen molar-refractivity contribution in [3.05, 3.63) is 112 Å². The van der Waals surface area contributed by atoms with E-state index in [4.69, 9.17) is 33.3 Å². The first-order valence-electron chi connectivity index (χ1n) is 17.4. The molecular formula is C38H41N6O10P.